The molecule has 0 saturated carbocycles. The highest BCUT2D eigenvalue weighted by Gasteiger charge is 2.27. The third kappa shape index (κ3) is 2.44. The van der Waals surface area contributed by atoms with E-state index in [2.05, 4.69) is 0 Å². The third-order valence-corrected chi connectivity index (χ3v) is 5.12. The highest BCUT2D eigenvalue weighted by Crippen LogP contribution is 2.30. The molecule has 0 saturated heterocycles. The number of benzene rings is 2. The zero-order chi connectivity index (χ0) is 15.7. The Balaban J connectivity index is 2.02. The Kier molecular flexibility index (Phi) is 3.59. The van der Waals surface area contributed by atoms with Gasteiger partial charge in [-0.2, -0.15) is 0 Å². The van der Waals surface area contributed by atoms with E-state index in [0.717, 1.165) is 5.06 Å². The van der Waals surface area contributed by atoms with Crippen LogP contribution >= 0.6 is 0 Å². The van der Waals surface area contributed by atoms with E-state index in [1.807, 2.05) is 0 Å². The first-order chi connectivity index (χ1) is 10.5. The van der Waals surface area contributed by atoms with Gasteiger partial charge in [-0.3, -0.25) is 4.79 Å². The van der Waals surface area contributed by atoms with Crippen LogP contribution in [0.1, 0.15) is 5.56 Å². The monoisotopic (exact) mass is 319 g/mol. The maximum Gasteiger partial charge on any atom is 0.261 e. The fourth-order valence-electron chi connectivity index (χ4n) is 2.21. The van der Waals surface area contributed by atoms with Crippen LogP contribution in [-0.4, -0.2) is 31.2 Å². The van der Waals surface area contributed by atoms with Crippen LogP contribution in [0.4, 0.5) is 0 Å². The minimum absolute atomic E-state index is 0.0198. The molecule has 0 radical (unpaired) electrons. The van der Waals surface area contributed by atoms with Crippen LogP contribution in [0.15, 0.2) is 58.3 Å². The average molecular weight is 319 g/mol. The molecule has 0 fully saturated rings. The van der Waals surface area contributed by atoms with Crippen LogP contribution < -0.4 is 4.84 Å². The predicted molar refractivity (Wildman–Crippen MR) is 76.6 cm³/mol. The van der Waals surface area contributed by atoms with Crippen LogP contribution in [-0.2, 0) is 21.1 Å². The Morgan fingerprint density at radius 2 is 1.82 bits per heavy atom. The van der Waals surface area contributed by atoms with Gasteiger partial charge in [-0.15, -0.1) is 5.06 Å². The van der Waals surface area contributed by atoms with Gasteiger partial charge >= 0.3 is 0 Å². The standard InChI is InChI=1S/C15H13NO5S/c17-10-16-15(18)9-11-8-13(6-7-14(11)21-16)22(19,20)12-4-2-1-3-5-12/h1-8,17H,9-10H2. The lowest BCUT2D eigenvalue weighted by Crippen LogP contribution is -2.39. The zero-order valence-electron chi connectivity index (χ0n) is 11.5. The Morgan fingerprint density at radius 3 is 2.50 bits per heavy atom. The summed E-state index contributed by atoms with van der Waals surface area (Å²) in [4.78, 5) is 17.2. The second-order valence-electron chi connectivity index (χ2n) is 4.77. The van der Waals surface area contributed by atoms with Crippen LogP contribution in [0.5, 0.6) is 5.75 Å². The van der Waals surface area contributed by atoms with Crippen LogP contribution in [0.25, 0.3) is 0 Å². The molecule has 0 unspecified atom stereocenters. The number of aliphatic hydroxyl groups excluding tert-OH is 1. The summed E-state index contributed by atoms with van der Waals surface area (Å²) in [7, 11) is -3.64. The summed E-state index contributed by atoms with van der Waals surface area (Å²) in [5.41, 5.74) is 0.478. The topological polar surface area (TPSA) is 83.9 Å². The molecule has 2 aromatic carbocycles. The summed E-state index contributed by atoms with van der Waals surface area (Å²) in [5.74, 6) is -0.0649. The number of carbonyl (C=O) groups excluding carboxylic acids is 1. The molecule has 0 aromatic heterocycles. The Bertz CT molecular complexity index is 817. The van der Waals surface area contributed by atoms with E-state index in [-0.39, 0.29) is 16.2 Å². The first-order valence-electron chi connectivity index (χ1n) is 6.54. The number of amides is 1. The number of carbonyl (C=O) groups is 1. The number of nitrogens with zero attached hydrogens (tertiary/aromatic N) is 1. The van der Waals surface area contributed by atoms with Crippen LogP contribution in [0.2, 0.25) is 0 Å². The number of hydrogen-bond acceptors (Lipinski definition) is 5. The van der Waals surface area contributed by atoms with Gasteiger partial charge in [0, 0.05) is 5.56 Å². The van der Waals surface area contributed by atoms with Crippen LogP contribution in [0.3, 0.4) is 0 Å². The van der Waals surface area contributed by atoms with E-state index in [9.17, 15) is 13.2 Å². The van der Waals surface area contributed by atoms with Crippen molar-refractivity contribution in [3.8, 4) is 5.75 Å². The molecular formula is C15H13NO5S. The normalized spacial score (nSPS) is 14.4. The molecular weight excluding hydrogens is 306 g/mol. The molecule has 1 aliphatic rings. The van der Waals surface area contributed by atoms with Crippen molar-refractivity contribution in [3.05, 3.63) is 54.1 Å². The highest BCUT2D eigenvalue weighted by molar-refractivity contribution is 7.91. The second-order valence-corrected chi connectivity index (χ2v) is 6.72. The first kappa shape index (κ1) is 14.6. The van der Waals surface area contributed by atoms with E-state index in [1.165, 1.54) is 30.3 Å². The van der Waals surface area contributed by atoms with E-state index in [1.54, 1.807) is 18.2 Å². The lowest BCUT2D eigenvalue weighted by Gasteiger charge is -2.26. The molecule has 1 aliphatic heterocycles. The Hall–Kier alpha value is -2.38. The van der Waals surface area contributed by atoms with Gasteiger partial charge in [0.1, 0.15) is 0 Å². The van der Waals surface area contributed by atoms with Crippen molar-refractivity contribution in [3.63, 3.8) is 0 Å². The van der Waals surface area contributed by atoms with Gasteiger partial charge in [-0.25, -0.2) is 8.42 Å². The number of hydrogen-bond donors (Lipinski definition) is 1. The molecule has 3 rings (SSSR count). The van der Waals surface area contributed by atoms with Crippen molar-refractivity contribution in [1.82, 2.24) is 5.06 Å². The minimum atomic E-state index is -3.64. The molecule has 0 aliphatic carbocycles. The molecule has 0 bridgehead atoms. The van der Waals surface area contributed by atoms with Crippen molar-refractivity contribution in [1.29, 1.82) is 0 Å². The van der Waals surface area contributed by atoms with Crippen LogP contribution in [0, 0.1) is 0 Å². The zero-order valence-corrected chi connectivity index (χ0v) is 12.3. The number of hydroxylamine groups is 2. The summed E-state index contributed by atoms with van der Waals surface area (Å²) >= 11 is 0. The Morgan fingerprint density at radius 1 is 1.09 bits per heavy atom. The highest BCUT2D eigenvalue weighted by atomic mass is 32.2. The minimum Gasteiger partial charge on any atom is -0.374 e. The van der Waals surface area contributed by atoms with Crippen molar-refractivity contribution >= 4 is 15.7 Å². The molecule has 0 spiro atoms. The van der Waals surface area contributed by atoms with Crippen molar-refractivity contribution in [2.45, 2.75) is 16.2 Å². The van der Waals surface area contributed by atoms with Gasteiger partial charge in [-0.1, -0.05) is 18.2 Å². The molecule has 1 amide bonds. The molecule has 1 N–H and O–H groups in total. The SMILES string of the molecule is O=C1Cc2cc(S(=O)(=O)c3ccccc3)ccc2ON1CO. The molecule has 114 valence electrons. The summed E-state index contributed by atoms with van der Waals surface area (Å²) in [6, 6.07) is 12.4. The van der Waals surface area contributed by atoms with Gasteiger partial charge in [0.2, 0.25) is 9.84 Å². The van der Waals surface area contributed by atoms with E-state index >= 15 is 0 Å². The second kappa shape index (κ2) is 5.43. The predicted octanol–water partition coefficient (Wildman–Crippen LogP) is 1.15. The summed E-state index contributed by atoms with van der Waals surface area (Å²) in [6.07, 6.45) is -0.0198. The summed E-state index contributed by atoms with van der Waals surface area (Å²) in [6.45, 7) is -0.553. The fourth-order valence-corrected chi connectivity index (χ4v) is 3.55. The fraction of sp³-hybridized carbons (Fsp3) is 0.133. The number of aliphatic hydroxyl groups is 1. The summed E-state index contributed by atoms with van der Waals surface area (Å²) in [5, 5.41) is 9.83. The Labute approximate surface area is 127 Å². The summed E-state index contributed by atoms with van der Waals surface area (Å²) < 4.78 is 25.1. The maximum atomic E-state index is 12.5. The quantitative estimate of drug-likeness (QED) is 0.917. The van der Waals surface area contributed by atoms with Crippen molar-refractivity contribution < 1.29 is 23.2 Å². The molecule has 1 heterocycles. The third-order valence-electron chi connectivity index (χ3n) is 3.35. The van der Waals surface area contributed by atoms with Gasteiger partial charge in [-0.05, 0) is 30.3 Å². The number of rotatable bonds is 3. The molecule has 0 atom stereocenters. The van der Waals surface area contributed by atoms with E-state index in [0.29, 0.717) is 11.3 Å². The molecule has 6 nitrogen and oxygen atoms in total. The lowest BCUT2D eigenvalue weighted by molar-refractivity contribution is -0.172. The molecule has 7 heteroatoms. The largest absolute Gasteiger partial charge is 0.374 e. The smallest absolute Gasteiger partial charge is 0.261 e. The van der Waals surface area contributed by atoms with Crippen molar-refractivity contribution in [2.24, 2.45) is 0 Å². The molecule has 22 heavy (non-hydrogen) atoms. The van der Waals surface area contributed by atoms with Gasteiger partial charge < -0.3 is 9.94 Å². The maximum absolute atomic E-state index is 12.5. The molecule has 2 aromatic rings. The average Bonchev–Trinajstić information content (AvgIpc) is 2.54. The lowest BCUT2D eigenvalue weighted by atomic mass is 10.1. The van der Waals surface area contributed by atoms with Crippen molar-refractivity contribution in [2.75, 3.05) is 6.73 Å². The van der Waals surface area contributed by atoms with Gasteiger partial charge in [0.25, 0.3) is 5.91 Å². The first-order valence-corrected chi connectivity index (χ1v) is 8.03. The van der Waals surface area contributed by atoms with Gasteiger partial charge in [0.05, 0.1) is 16.2 Å². The van der Waals surface area contributed by atoms with E-state index in [4.69, 9.17) is 9.94 Å². The number of fused-ring (bicyclic) bond motifs is 1. The van der Waals surface area contributed by atoms with E-state index < -0.39 is 22.5 Å². The van der Waals surface area contributed by atoms with Gasteiger partial charge in [0.15, 0.2) is 12.5 Å². The number of sulfone groups is 1.